The first-order valence-corrected chi connectivity index (χ1v) is 12.0. The predicted octanol–water partition coefficient (Wildman–Crippen LogP) is 2.87. The molecule has 32 heavy (non-hydrogen) atoms. The number of hydrogen-bond acceptors (Lipinski definition) is 7. The number of nitrogens with zero attached hydrogens (tertiary/aromatic N) is 3. The number of halogens is 1. The van der Waals surface area contributed by atoms with Crippen molar-refractivity contribution in [1.82, 2.24) is 4.90 Å². The Kier molecular flexibility index (Phi) is 6.86. The van der Waals surface area contributed by atoms with Crippen LogP contribution in [0.3, 0.4) is 0 Å². The van der Waals surface area contributed by atoms with E-state index in [1.165, 1.54) is 30.3 Å². The van der Waals surface area contributed by atoms with Gasteiger partial charge >= 0.3 is 5.97 Å². The molecule has 0 aliphatic carbocycles. The molecule has 0 spiro atoms. The summed E-state index contributed by atoms with van der Waals surface area (Å²) in [6.45, 7) is 2.08. The normalized spacial score (nSPS) is 14.2. The van der Waals surface area contributed by atoms with Gasteiger partial charge in [0, 0.05) is 49.9 Å². The van der Waals surface area contributed by atoms with Gasteiger partial charge in [0.15, 0.2) is 14.9 Å². The average molecular weight is 499 g/mol. The molecule has 2 N–H and O–H groups in total. The SMILES string of the molecule is CS(=O)(=O)c1cc(N2CCN(C(=S)Nc3ccc(C(=O)O)c(Cl)c3)CC2)ccc1[N+](=O)[O-]. The summed E-state index contributed by atoms with van der Waals surface area (Å²) < 4.78 is 24.0. The minimum absolute atomic E-state index is 0.00619. The van der Waals surface area contributed by atoms with E-state index in [-0.39, 0.29) is 15.5 Å². The molecule has 0 aromatic heterocycles. The lowest BCUT2D eigenvalue weighted by Gasteiger charge is -2.37. The van der Waals surface area contributed by atoms with Gasteiger partial charge in [-0.25, -0.2) is 13.2 Å². The van der Waals surface area contributed by atoms with Crippen LogP contribution in [-0.4, -0.2) is 66.9 Å². The number of hydrogen-bond donors (Lipinski definition) is 2. The molecule has 2 aromatic rings. The lowest BCUT2D eigenvalue weighted by molar-refractivity contribution is -0.387. The van der Waals surface area contributed by atoms with Crippen molar-refractivity contribution in [2.24, 2.45) is 0 Å². The molecule has 1 aliphatic rings. The Morgan fingerprint density at radius 2 is 1.84 bits per heavy atom. The number of piperazine rings is 1. The smallest absolute Gasteiger partial charge is 0.337 e. The van der Waals surface area contributed by atoms with Crippen molar-refractivity contribution >= 4 is 61.8 Å². The number of benzene rings is 2. The van der Waals surface area contributed by atoms with Gasteiger partial charge in [0.05, 0.1) is 15.5 Å². The van der Waals surface area contributed by atoms with Crippen LogP contribution < -0.4 is 10.2 Å². The van der Waals surface area contributed by atoms with Gasteiger partial charge in [-0.3, -0.25) is 10.1 Å². The maximum Gasteiger partial charge on any atom is 0.337 e. The summed E-state index contributed by atoms with van der Waals surface area (Å²) in [6, 6.07) is 8.51. The first-order valence-electron chi connectivity index (χ1n) is 9.29. The molecule has 13 heteroatoms. The number of thiocarbonyl (C=S) groups is 1. The van der Waals surface area contributed by atoms with Crippen LogP contribution in [0.25, 0.3) is 0 Å². The van der Waals surface area contributed by atoms with Crippen molar-refractivity contribution in [2.45, 2.75) is 4.90 Å². The van der Waals surface area contributed by atoms with Gasteiger partial charge in [-0.05, 0) is 42.5 Å². The Morgan fingerprint density at radius 3 is 2.38 bits per heavy atom. The van der Waals surface area contributed by atoms with Gasteiger partial charge in [-0.2, -0.15) is 0 Å². The minimum Gasteiger partial charge on any atom is -0.478 e. The number of nitrogens with one attached hydrogen (secondary N) is 1. The molecule has 1 heterocycles. The van der Waals surface area contributed by atoms with Crippen LogP contribution in [0.4, 0.5) is 17.1 Å². The molecule has 1 saturated heterocycles. The van der Waals surface area contributed by atoms with Gasteiger partial charge in [0.2, 0.25) is 0 Å². The maximum atomic E-state index is 12.0. The topological polar surface area (TPSA) is 133 Å². The highest BCUT2D eigenvalue weighted by molar-refractivity contribution is 7.90. The second-order valence-corrected chi connectivity index (χ2v) is 9.86. The van der Waals surface area contributed by atoms with Crippen molar-refractivity contribution in [1.29, 1.82) is 0 Å². The van der Waals surface area contributed by atoms with Crippen molar-refractivity contribution in [3.05, 3.63) is 57.1 Å². The van der Waals surface area contributed by atoms with E-state index in [1.807, 2.05) is 9.80 Å². The van der Waals surface area contributed by atoms with E-state index >= 15 is 0 Å². The molecule has 170 valence electrons. The highest BCUT2D eigenvalue weighted by atomic mass is 35.5. The monoisotopic (exact) mass is 498 g/mol. The third-order valence-corrected chi connectivity index (χ3v) is 6.72. The molecule has 10 nitrogen and oxygen atoms in total. The zero-order valence-electron chi connectivity index (χ0n) is 16.8. The Hall–Kier alpha value is -2.96. The van der Waals surface area contributed by atoms with E-state index in [4.69, 9.17) is 28.9 Å². The fourth-order valence-electron chi connectivity index (χ4n) is 3.28. The van der Waals surface area contributed by atoms with Crippen molar-refractivity contribution < 1.29 is 23.2 Å². The van der Waals surface area contributed by atoms with Crippen LogP contribution in [-0.2, 0) is 9.84 Å². The van der Waals surface area contributed by atoms with E-state index in [0.29, 0.717) is 42.7 Å². The highest BCUT2D eigenvalue weighted by Crippen LogP contribution is 2.29. The Balaban J connectivity index is 1.67. The Labute approximate surface area is 194 Å². The summed E-state index contributed by atoms with van der Waals surface area (Å²) in [5.74, 6) is -1.12. The van der Waals surface area contributed by atoms with E-state index in [1.54, 1.807) is 6.07 Å². The Bertz CT molecular complexity index is 1200. The zero-order chi connectivity index (χ0) is 23.6. The molecule has 0 amide bonds. The lowest BCUT2D eigenvalue weighted by Crippen LogP contribution is -2.50. The summed E-state index contributed by atoms with van der Waals surface area (Å²) in [4.78, 5) is 25.0. The number of nitro benzene ring substituents is 1. The van der Waals surface area contributed by atoms with Crippen LogP contribution in [0.1, 0.15) is 10.4 Å². The summed E-state index contributed by atoms with van der Waals surface area (Å²) in [5.41, 5.74) is 0.673. The number of aromatic carboxylic acids is 1. The van der Waals surface area contributed by atoms with Crippen LogP contribution in [0.15, 0.2) is 41.3 Å². The van der Waals surface area contributed by atoms with E-state index < -0.39 is 26.4 Å². The van der Waals surface area contributed by atoms with Gasteiger partial charge in [-0.15, -0.1) is 0 Å². The van der Waals surface area contributed by atoms with Crippen LogP contribution in [0, 0.1) is 10.1 Å². The second kappa shape index (κ2) is 9.27. The Morgan fingerprint density at radius 1 is 1.19 bits per heavy atom. The number of sulfone groups is 1. The second-order valence-electron chi connectivity index (χ2n) is 7.09. The van der Waals surface area contributed by atoms with E-state index in [9.17, 15) is 23.3 Å². The van der Waals surface area contributed by atoms with Gasteiger partial charge in [0.1, 0.15) is 4.90 Å². The summed E-state index contributed by atoms with van der Waals surface area (Å²) in [6.07, 6.45) is 0.941. The summed E-state index contributed by atoms with van der Waals surface area (Å²) >= 11 is 11.4. The molecule has 1 fully saturated rings. The van der Waals surface area contributed by atoms with Gasteiger partial charge in [0.25, 0.3) is 5.69 Å². The lowest BCUT2D eigenvalue weighted by atomic mass is 10.2. The van der Waals surface area contributed by atoms with Crippen molar-refractivity contribution in [2.75, 3.05) is 42.7 Å². The third-order valence-electron chi connectivity index (χ3n) is 4.92. The number of carbonyl (C=O) groups is 1. The van der Waals surface area contributed by atoms with Crippen LogP contribution >= 0.6 is 23.8 Å². The fourth-order valence-corrected chi connectivity index (χ4v) is 4.70. The fraction of sp³-hybridized carbons (Fsp3) is 0.263. The number of nitro groups is 1. The molecule has 0 saturated carbocycles. The molecule has 0 unspecified atom stereocenters. The highest BCUT2D eigenvalue weighted by Gasteiger charge is 2.25. The van der Waals surface area contributed by atoms with Crippen molar-refractivity contribution in [3.63, 3.8) is 0 Å². The number of carboxylic acids is 1. The standard InChI is InChI=1S/C19H19ClN4O6S2/c1-32(29,30)17-11-13(3-5-16(17)24(27)28)22-6-8-23(9-7-22)19(31)21-12-2-4-14(18(25)26)15(20)10-12/h2-5,10-11H,6-9H2,1H3,(H,21,31)(H,25,26). The number of anilines is 2. The summed E-state index contributed by atoms with van der Waals surface area (Å²) in [5, 5.41) is 23.8. The average Bonchev–Trinajstić information content (AvgIpc) is 2.72. The van der Waals surface area contributed by atoms with E-state index in [2.05, 4.69) is 5.32 Å². The maximum absolute atomic E-state index is 12.0. The van der Waals surface area contributed by atoms with Crippen molar-refractivity contribution in [3.8, 4) is 0 Å². The van der Waals surface area contributed by atoms with E-state index in [0.717, 1.165) is 6.26 Å². The molecule has 0 radical (unpaired) electrons. The molecule has 0 atom stereocenters. The number of rotatable bonds is 5. The first-order chi connectivity index (χ1) is 15.0. The van der Waals surface area contributed by atoms with Gasteiger partial charge in [-0.1, -0.05) is 11.6 Å². The molecule has 3 rings (SSSR count). The number of carboxylic acid groups (broad SMARTS) is 1. The quantitative estimate of drug-likeness (QED) is 0.360. The molecule has 0 bridgehead atoms. The largest absolute Gasteiger partial charge is 0.478 e. The predicted molar refractivity (Wildman–Crippen MR) is 125 cm³/mol. The van der Waals surface area contributed by atoms with Crippen LogP contribution in [0.5, 0.6) is 0 Å². The zero-order valence-corrected chi connectivity index (χ0v) is 19.2. The van der Waals surface area contributed by atoms with Gasteiger partial charge < -0.3 is 20.2 Å². The third kappa shape index (κ3) is 5.26. The summed E-state index contributed by atoms with van der Waals surface area (Å²) in [7, 11) is -3.77. The molecule has 2 aromatic carbocycles. The molecular formula is C19H19ClN4O6S2. The molecular weight excluding hydrogens is 480 g/mol. The molecule has 1 aliphatic heterocycles. The van der Waals surface area contributed by atoms with Crippen LogP contribution in [0.2, 0.25) is 5.02 Å². The first kappa shape index (κ1) is 23.7. The minimum atomic E-state index is -3.77.